The number of ether oxygens (including phenoxy) is 1. The molecule has 0 saturated heterocycles. The van der Waals surface area contributed by atoms with Crippen molar-refractivity contribution in [3.05, 3.63) is 264 Å². The molecule has 10 aromatic rings. The summed E-state index contributed by atoms with van der Waals surface area (Å²) >= 11 is 0. The zero-order valence-corrected chi connectivity index (χ0v) is 47.5. The molecule has 1 aliphatic rings. The van der Waals surface area contributed by atoms with Gasteiger partial charge in [-0.05, 0) is 97.1 Å². The quantitative estimate of drug-likeness (QED) is 0.121. The molecule has 0 saturated carbocycles. The summed E-state index contributed by atoms with van der Waals surface area (Å²) in [6.07, 6.45) is 4.18. The summed E-state index contributed by atoms with van der Waals surface area (Å²) in [5.41, 5.74) is 14.5. The van der Waals surface area contributed by atoms with Crippen LogP contribution in [-0.2, 0) is 42.7 Å². The van der Waals surface area contributed by atoms with E-state index in [1.165, 1.54) is 27.8 Å². The van der Waals surface area contributed by atoms with Crippen LogP contribution in [0.15, 0.2) is 207 Å². The van der Waals surface area contributed by atoms with E-state index in [2.05, 4.69) is 303 Å². The third-order valence-corrected chi connectivity index (χ3v) is 15.2. The van der Waals surface area contributed by atoms with Gasteiger partial charge in [-0.25, -0.2) is 4.98 Å². The third kappa shape index (κ3) is 9.94. The van der Waals surface area contributed by atoms with E-state index in [-0.39, 0.29) is 37.3 Å². The number of para-hydroxylation sites is 1. The van der Waals surface area contributed by atoms with Gasteiger partial charge in [-0.2, -0.15) is 0 Å². The van der Waals surface area contributed by atoms with Gasteiger partial charge in [-0.1, -0.05) is 226 Å². The minimum absolute atomic E-state index is 0. The van der Waals surface area contributed by atoms with Crippen molar-refractivity contribution < 1.29 is 25.8 Å². The SMILES string of the molecule is CC(C)(C)c1cc(Oc2[c-]c3c(c(C(C)(C)c4ccccc4)c2)c2ccccc2n3-c2cc(C(C)(C)C)ccn2)[c-]c(N2[CH-]N(c3cc(-c4ccccc4)cc(C(C)(C)c4ccccc4)c3)C=C2c2ccccc2)c1.[Pt]. The van der Waals surface area contributed by atoms with Gasteiger partial charge in [0.25, 0.3) is 0 Å². The maximum atomic E-state index is 7.25. The zero-order chi connectivity index (χ0) is 52.3. The number of hydrogen-bond acceptors (Lipinski definition) is 4. The van der Waals surface area contributed by atoms with E-state index in [4.69, 9.17) is 9.72 Å². The fourth-order valence-corrected chi connectivity index (χ4v) is 10.6. The molecule has 0 radical (unpaired) electrons. The Labute approximate surface area is 464 Å². The van der Waals surface area contributed by atoms with E-state index in [1.54, 1.807) is 0 Å². The Bertz CT molecular complexity index is 3730. The summed E-state index contributed by atoms with van der Waals surface area (Å²) < 4.78 is 9.52. The molecular formula is C70H65N4OPt-3. The molecule has 76 heavy (non-hydrogen) atoms. The van der Waals surface area contributed by atoms with Gasteiger partial charge in [-0.3, -0.25) is 0 Å². The number of anilines is 2. The maximum Gasteiger partial charge on any atom is 0.135 e. The van der Waals surface area contributed by atoms with Crippen molar-refractivity contribution in [2.75, 3.05) is 9.80 Å². The fourth-order valence-electron chi connectivity index (χ4n) is 10.6. The number of fused-ring (bicyclic) bond motifs is 3. The Balaban J connectivity index is 0.00000657. The number of pyridine rings is 1. The summed E-state index contributed by atoms with van der Waals surface area (Å²) in [5.74, 6) is 2.04. The molecule has 3 heterocycles. The van der Waals surface area contributed by atoms with E-state index in [9.17, 15) is 0 Å². The molecule has 0 bridgehead atoms. The van der Waals surface area contributed by atoms with Gasteiger partial charge < -0.3 is 19.1 Å². The van der Waals surface area contributed by atoms with Crippen molar-refractivity contribution in [2.45, 2.75) is 90.9 Å². The van der Waals surface area contributed by atoms with Gasteiger partial charge in [-0.15, -0.1) is 53.8 Å². The second-order valence-electron chi connectivity index (χ2n) is 23.1. The molecule has 0 aliphatic carbocycles. The van der Waals surface area contributed by atoms with Crippen molar-refractivity contribution >= 4 is 38.9 Å². The molecule has 0 unspecified atom stereocenters. The van der Waals surface area contributed by atoms with E-state index in [0.717, 1.165) is 66.9 Å². The first-order valence-electron chi connectivity index (χ1n) is 26.2. The fraction of sp³-hybridized carbons (Fsp3) is 0.200. The maximum absolute atomic E-state index is 7.25. The van der Waals surface area contributed by atoms with E-state index in [1.807, 2.05) is 6.20 Å². The van der Waals surface area contributed by atoms with Gasteiger partial charge in [0.1, 0.15) is 5.82 Å². The molecular weight excluding hydrogens is 1110 g/mol. The zero-order valence-electron chi connectivity index (χ0n) is 45.2. The first-order valence-corrected chi connectivity index (χ1v) is 26.2. The van der Waals surface area contributed by atoms with Crippen LogP contribution < -0.4 is 14.5 Å². The molecule has 5 nitrogen and oxygen atoms in total. The average Bonchev–Trinajstić information content (AvgIpc) is 4.02. The van der Waals surface area contributed by atoms with Crippen molar-refractivity contribution in [3.8, 4) is 28.4 Å². The summed E-state index contributed by atoms with van der Waals surface area (Å²) in [6.45, 7) is 25.0. The largest absolute Gasteiger partial charge is 0.509 e. The topological polar surface area (TPSA) is 33.5 Å². The molecule has 0 atom stereocenters. The molecule has 0 N–H and O–H groups in total. The van der Waals surface area contributed by atoms with E-state index in [0.29, 0.717) is 11.5 Å². The van der Waals surface area contributed by atoms with Gasteiger partial charge in [0, 0.05) is 61.1 Å². The average molecular weight is 1170 g/mol. The van der Waals surface area contributed by atoms with Crippen LogP contribution in [0.2, 0.25) is 0 Å². The Hall–Kier alpha value is -7.46. The molecule has 0 fully saturated rings. The monoisotopic (exact) mass is 1170 g/mol. The van der Waals surface area contributed by atoms with Crippen molar-refractivity contribution in [2.24, 2.45) is 0 Å². The molecule has 2 aromatic heterocycles. The Morgan fingerprint density at radius 1 is 0.487 bits per heavy atom. The minimum Gasteiger partial charge on any atom is -0.509 e. The number of hydrogen-bond donors (Lipinski definition) is 0. The first-order chi connectivity index (χ1) is 35.9. The second kappa shape index (κ2) is 20.2. The van der Waals surface area contributed by atoms with Gasteiger partial charge in [0.2, 0.25) is 0 Å². The van der Waals surface area contributed by atoms with Gasteiger partial charge in [0.05, 0.1) is 0 Å². The molecule has 8 aromatic carbocycles. The molecule has 1 aliphatic heterocycles. The number of nitrogens with zero attached hydrogens (tertiary/aromatic N) is 4. The summed E-state index contributed by atoms with van der Waals surface area (Å²) in [7, 11) is 0. The Morgan fingerprint density at radius 3 is 1.71 bits per heavy atom. The van der Waals surface area contributed by atoms with Gasteiger partial charge >= 0.3 is 0 Å². The first kappa shape index (κ1) is 52.0. The standard InChI is InChI=1S/C70H65N4O.Pt/c1-67(2,3)53-35-36-71-65(42-53)74-62-34-24-23-33-60(62)66-61(70(9,10)52-31-21-14-22-32-52)44-59(45-63(66)74)75-58-41-54(68(4,5)6)39-57(43-58)73-47-72(46-64(73)49-27-17-12-18-28-49)56-38-50(48-25-15-11-16-26-48)37-55(40-56)69(7,8)51-29-19-13-20-30-51;/h11-42,44,46-47H,1-10H3;/q-3;. The Kier molecular flexibility index (Phi) is 13.9. The molecule has 0 spiro atoms. The van der Waals surface area contributed by atoms with Crippen LogP contribution in [0, 0.1) is 18.8 Å². The number of rotatable bonds is 11. The van der Waals surface area contributed by atoms with E-state index >= 15 is 0 Å². The van der Waals surface area contributed by atoms with Crippen LogP contribution in [-0.4, -0.2) is 9.55 Å². The van der Waals surface area contributed by atoms with Crippen molar-refractivity contribution in [1.29, 1.82) is 0 Å². The van der Waals surface area contributed by atoms with Crippen LogP contribution in [0.25, 0.3) is 44.4 Å². The minimum atomic E-state index is -0.429. The van der Waals surface area contributed by atoms with Crippen molar-refractivity contribution in [3.63, 3.8) is 0 Å². The van der Waals surface area contributed by atoms with Gasteiger partial charge in [0.15, 0.2) is 0 Å². The molecule has 0 amide bonds. The summed E-state index contributed by atoms with van der Waals surface area (Å²) in [4.78, 5) is 9.57. The van der Waals surface area contributed by atoms with Crippen LogP contribution in [0.5, 0.6) is 11.5 Å². The second-order valence-corrected chi connectivity index (χ2v) is 23.1. The summed E-state index contributed by atoms with van der Waals surface area (Å²) in [6, 6.07) is 77.2. The number of aromatic nitrogens is 2. The summed E-state index contributed by atoms with van der Waals surface area (Å²) in [5, 5.41) is 2.26. The molecule has 6 heteroatoms. The number of benzene rings is 8. The third-order valence-electron chi connectivity index (χ3n) is 15.2. The predicted molar refractivity (Wildman–Crippen MR) is 313 cm³/mol. The molecule has 384 valence electrons. The molecule has 11 rings (SSSR count). The van der Waals surface area contributed by atoms with Crippen molar-refractivity contribution in [1.82, 2.24) is 9.55 Å². The van der Waals surface area contributed by atoms with Crippen LogP contribution >= 0.6 is 0 Å². The van der Waals surface area contributed by atoms with E-state index < -0.39 is 5.41 Å². The normalized spacial score (nSPS) is 13.3. The predicted octanol–water partition coefficient (Wildman–Crippen LogP) is 17.9. The van der Waals surface area contributed by atoms with Crippen LogP contribution in [0.3, 0.4) is 0 Å². The smallest absolute Gasteiger partial charge is 0.135 e. The van der Waals surface area contributed by atoms with Crippen LogP contribution in [0.4, 0.5) is 11.4 Å². The Morgan fingerprint density at radius 2 is 1.07 bits per heavy atom. The van der Waals surface area contributed by atoms with Crippen LogP contribution in [0.1, 0.15) is 108 Å².